The van der Waals surface area contributed by atoms with Crippen LogP contribution in [0.2, 0.25) is 10.0 Å². The largest absolute Gasteiger partial charge is 0.573 e. The number of carbonyl (C=O) groups excluding carboxylic acids is 1. The Bertz CT molecular complexity index is 1010. The van der Waals surface area contributed by atoms with Crippen LogP contribution in [0.25, 0.3) is 5.65 Å². The van der Waals surface area contributed by atoms with Crippen molar-refractivity contribution in [1.82, 2.24) is 19.9 Å². The number of pyridine rings is 1. The van der Waals surface area contributed by atoms with Gasteiger partial charge >= 0.3 is 6.36 Å². The molecule has 148 valence electrons. The average Bonchev–Trinajstić information content (AvgIpc) is 3.01. The minimum absolute atomic E-state index is 0.0345. The predicted molar refractivity (Wildman–Crippen MR) is 98.7 cm³/mol. The number of halogens is 5. The standard InChI is InChI=1S/C16H11Cl2F3N4O2S/c17-10-5-11(18)14-23-24-15(25(14)7-10)28-8-13(26)22-6-9-3-1-2-4-12(9)27-16(19,20)21/h1-5,7H,6,8H2,(H,22,26). The van der Waals surface area contributed by atoms with Gasteiger partial charge in [0.2, 0.25) is 5.91 Å². The Morgan fingerprint density at radius 2 is 2.00 bits per heavy atom. The minimum Gasteiger partial charge on any atom is -0.405 e. The van der Waals surface area contributed by atoms with Gasteiger partial charge in [0.05, 0.1) is 15.8 Å². The van der Waals surface area contributed by atoms with Gasteiger partial charge in [-0.15, -0.1) is 23.4 Å². The molecular formula is C16H11Cl2F3N4O2S. The monoisotopic (exact) mass is 450 g/mol. The molecule has 3 rings (SSSR count). The van der Waals surface area contributed by atoms with E-state index in [0.29, 0.717) is 20.8 Å². The molecule has 0 aliphatic heterocycles. The number of thioether (sulfide) groups is 1. The Morgan fingerprint density at radius 1 is 1.25 bits per heavy atom. The van der Waals surface area contributed by atoms with E-state index in [4.69, 9.17) is 23.2 Å². The van der Waals surface area contributed by atoms with E-state index in [1.54, 1.807) is 16.7 Å². The molecule has 0 saturated carbocycles. The summed E-state index contributed by atoms with van der Waals surface area (Å²) in [6, 6.07) is 7.10. The molecule has 3 aromatic rings. The maximum absolute atomic E-state index is 12.4. The van der Waals surface area contributed by atoms with Crippen LogP contribution in [0.3, 0.4) is 0 Å². The summed E-state index contributed by atoms with van der Waals surface area (Å²) in [5, 5.41) is 11.5. The van der Waals surface area contributed by atoms with Crippen LogP contribution < -0.4 is 10.1 Å². The number of alkyl halides is 3. The van der Waals surface area contributed by atoms with Gasteiger partial charge in [-0.25, -0.2) is 0 Å². The summed E-state index contributed by atoms with van der Waals surface area (Å²) >= 11 is 13.1. The molecule has 28 heavy (non-hydrogen) atoms. The summed E-state index contributed by atoms with van der Waals surface area (Å²) in [5.41, 5.74) is 0.594. The first-order valence-corrected chi connectivity index (χ1v) is 9.40. The van der Waals surface area contributed by atoms with E-state index < -0.39 is 12.3 Å². The summed E-state index contributed by atoms with van der Waals surface area (Å²) < 4.78 is 42.8. The van der Waals surface area contributed by atoms with Crippen molar-refractivity contribution in [1.29, 1.82) is 0 Å². The fourth-order valence-electron chi connectivity index (χ4n) is 2.25. The van der Waals surface area contributed by atoms with Crippen molar-refractivity contribution in [3.63, 3.8) is 0 Å². The predicted octanol–water partition coefficient (Wildman–Crippen LogP) is 4.34. The van der Waals surface area contributed by atoms with Crippen LogP contribution in [-0.4, -0.2) is 32.6 Å². The average molecular weight is 451 g/mol. The van der Waals surface area contributed by atoms with Crippen molar-refractivity contribution in [2.75, 3.05) is 5.75 Å². The van der Waals surface area contributed by atoms with Gasteiger partial charge in [0, 0.05) is 18.3 Å². The number of hydrogen-bond acceptors (Lipinski definition) is 5. The van der Waals surface area contributed by atoms with Crippen molar-refractivity contribution >= 4 is 46.5 Å². The maximum atomic E-state index is 12.4. The second kappa shape index (κ2) is 8.46. The first kappa shape index (κ1) is 20.6. The molecule has 2 heterocycles. The molecule has 0 saturated heterocycles. The zero-order chi connectivity index (χ0) is 20.3. The third kappa shape index (κ3) is 5.21. The number of fused-ring (bicyclic) bond motifs is 1. The summed E-state index contributed by atoms with van der Waals surface area (Å²) in [4.78, 5) is 12.1. The molecule has 0 unspecified atom stereocenters. The van der Waals surface area contributed by atoms with Crippen molar-refractivity contribution < 1.29 is 22.7 Å². The number of carbonyl (C=O) groups is 1. The van der Waals surface area contributed by atoms with Gasteiger partial charge in [0.15, 0.2) is 10.8 Å². The van der Waals surface area contributed by atoms with E-state index in [9.17, 15) is 18.0 Å². The normalized spacial score (nSPS) is 11.6. The number of benzene rings is 1. The number of amides is 1. The van der Waals surface area contributed by atoms with E-state index in [1.807, 2.05) is 0 Å². The molecule has 2 aromatic heterocycles. The van der Waals surface area contributed by atoms with Gasteiger partial charge in [0.25, 0.3) is 0 Å². The van der Waals surface area contributed by atoms with Gasteiger partial charge in [-0.3, -0.25) is 9.20 Å². The molecule has 0 bridgehead atoms. The highest BCUT2D eigenvalue weighted by Gasteiger charge is 2.32. The lowest BCUT2D eigenvalue weighted by Gasteiger charge is -2.13. The smallest absolute Gasteiger partial charge is 0.405 e. The number of nitrogens with one attached hydrogen (secondary N) is 1. The molecule has 0 radical (unpaired) electrons. The number of ether oxygens (including phenoxy) is 1. The van der Waals surface area contributed by atoms with Crippen LogP contribution in [0, 0.1) is 0 Å². The molecule has 6 nitrogen and oxygen atoms in total. The van der Waals surface area contributed by atoms with Crippen molar-refractivity contribution in [3.8, 4) is 5.75 Å². The Balaban J connectivity index is 1.60. The highest BCUT2D eigenvalue weighted by molar-refractivity contribution is 7.99. The van der Waals surface area contributed by atoms with Crippen LogP contribution in [0.1, 0.15) is 5.56 Å². The van der Waals surface area contributed by atoms with Crippen LogP contribution in [0.4, 0.5) is 13.2 Å². The van der Waals surface area contributed by atoms with Gasteiger partial charge in [0.1, 0.15) is 5.75 Å². The number of aromatic nitrogens is 3. The van der Waals surface area contributed by atoms with Crippen LogP contribution in [0.15, 0.2) is 41.7 Å². The Labute approximate surface area is 171 Å². The third-order valence-electron chi connectivity index (χ3n) is 3.40. The summed E-state index contributed by atoms with van der Waals surface area (Å²) in [7, 11) is 0. The van der Waals surface area contributed by atoms with Crippen LogP contribution in [-0.2, 0) is 11.3 Å². The number of para-hydroxylation sites is 1. The first-order valence-electron chi connectivity index (χ1n) is 7.66. The van der Waals surface area contributed by atoms with Crippen molar-refractivity contribution in [3.05, 3.63) is 52.1 Å². The fourth-order valence-corrected chi connectivity index (χ4v) is 3.50. The van der Waals surface area contributed by atoms with E-state index in [1.165, 1.54) is 24.3 Å². The first-order chi connectivity index (χ1) is 13.2. The highest BCUT2D eigenvalue weighted by atomic mass is 35.5. The van der Waals surface area contributed by atoms with E-state index >= 15 is 0 Å². The number of hydrogen-bond donors (Lipinski definition) is 1. The Morgan fingerprint density at radius 3 is 2.75 bits per heavy atom. The molecule has 12 heteroatoms. The third-order valence-corrected chi connectivity index (χ3v) is 4.83. The molecule has 1 aromatic carbocycles. The fraction of sp³-hybridized carbons (Fsp3) is 0.188. The molecule has 1 amide bonds. The lowest BCUT2D eigenvalue weighted by molar-refractivity contribution is -0.274. The molecule has 0 atom stereocenters. The molecule has 0 aliphatic rings. The van der Waals surface area contributed by atoms with Crippen molar-refractivity contribution in [2.24, 2.45) is 0 Å². The van der Waals surface area contributed by atoms with E-state index in [0.717, 1.165) is 11.8 Å². The minimum atomic E-state index is -4.81. The van der Waals surface area contributed by atoms with Gasteiger partial charge in [-0.05, 0) is 12.1 Å². The lowest BCUT2D eigenvalue weighted by atomic mass is 10.2. The van der Waals surface area contributed by atoms with Crippen LogP contribution >= 0.6 is 35.0 Å². The van der Waals surface area contributed by atoms with Crippen LogP contribution in [0.5, 0.6) is 5.75 Å². The topological polar surface area (TPSA) is 68.5 Å². The Hall–Kier alpha value is -2.17. The highest BCUT2D eigenvalue weighted by Crippen LogP contribution is 2.27. The molecule has 0 fully saturated rings. The van der Waals surface area contributed by atoms with Gasteiger partial charge < -0.3 is 10.1 Å². The molecular weight excluding hydrogens is 440 g/mol. The summed E-state index contributed by atoms with van der Waals surface area (Å²) in [6.45, 7) is -0.121. The van der Waals surface area contributed by atoms with E-state index in [2.05, 4.69) is 20.3 Å². The molecule has 0 spiro atoms. The van der Waals surface area contributed by atoms with Crippen molar-refractivity contribution in [2.45, 2.75) is 18.1 Å². The second-order valence-electron chi connectivity index (χ2n) is 5.40. The number of nitrogens with zero attached hydrogens (tertiary/aromatic N) is 3. The zero-order valence-corrected chi connectivity index (χ0v) is 16.2. The van der Waals surface area contributed by atoms with Gasteiger partial charge in [-0.2, -0.15) is 0 Å². The quantitative estimate of drug-likeness (QED) is 0.565. The SMILES string of the molecule is O=C(CSc1nnc2c(Cl)cc(Cl)cn12)NCc1ccccc1OC(F)(F)F. The summed E-state index contributed by atoms with van der Waals surface area (Å²) in [6.07, 6.45) is -3.25. The Kier molecular flexibility index (Phi) is 6.21. The number of rotatable bonds is 6. The lowest BCUT2D eigenvalue weighted by Crippen LogP contribution is -2.26. The zero-order valence-electron chi connectivity index (χ0n) is 13.8. The second-order valence-corrected chi connectivity index (χ2v) is 7.19. The van der Waals surface area contributed by atoms with Gasteiger partial charge in [-0.1, -0.05) is 53.2 Å². The summed E-state index contributed by atoms with van der Waals surface area (Å²) in [5.74, 6) is -0.805. The maximum Gasteiger partial charge on any atom is 0.573 e. The molecule has 1 N–H and O–H groups in total. The molecule has 0 aliphatic carbocycles. The van der Waals surface area contributed by atoms with E-state index in [-0.39, 0.29) is 23.6 Å².